The lowest BCUT2D eigenvalue weighted by atomic mass is 9.58. The van der Waals surface area contributed by atoms with Gasteiger partial charge in [0.05, 0.1) is 6.61 Å². The van der Waals surface area contributed by atoms with Crippen LogP contribution in [0.1, 0.15) is 85.0 Å². The van der Waals surface area contributed by atoms with Crippen LogP contribution in [0.15, 0.2) is 0 Å². The zero-order chi connectivity index (χ0) is 19.4. The zero-order valence-electron chi connectivity index (χ0n) is 17.9. The fraction of sp³-hybridized carbons (Fsp3) is 1.00. The highest BCUT2D eigenvalue weighted by Gasteiger charge is 2.69. The van der Waals surface area contributed by atoms with Crippen molar-refractivity contribution in [1.29, 1.82) is 0 Å². The number of rotatable bonds is 4. The van der Waals surface area contributed by atoms with E-state index in [2.05, 4.69) is 13.8 Å². The summed E-state index contributed by atoms with van der Waals surface area (Å²) < 4.78 is 19.2. The third-order valence-electron chi connectivity index (χ3n) is 8.63. The van der Waals surface area contributed by atoms with Crippen molar-refractivity contribution in [2.24, 2.45) is 29.6 Å². The molecule has 6 aliphatic rings. The van der Waals surface area contributed by atoms with Gasteiger partial charge in [-0.05, 0) is 50.4 Å². The van der Waals surface area contributed by atoms with Crippen molar-refractivity contribution in [2.45, 2.75) is 109 Å². The molecular formula is C23H38O5. The van der Waals surface area contributed by atoms with Crippen molar-refractivity contribution in [3.05, 3.63) is 0 Å². The first-order valence-corrected chi connectivity index (χ1v) is 11.8. The van der Waals surface area contributed by atoms with Crippen LogP contribution in [-0.2, 0) is 24.0 Å². The van der Waals surface area contributed by atoms with E-state index in [9.17, 15) is 0 Å². The first kappa shape index (κ1) is 19.7. The molecule has 8 atom stereocenters. The molecule has 160 valence electrons. The summed E-state index contributed by atoms with van der Waals surface area (Å²) in [6.07, 6.45) is 11.8. The van der Waals surface area contributed by atoms with E-state index >= 15 is 0 Å². The first-order chi connectivity index (χ1) is 13.5. The summed E-state index contributed by atoms with van der Waals surface area (Å²) in [5.41, 5.74) is -0.476. The Labute approximate surface area is 169 Å². The number of fused-ring (bicyclic) bond motifs is 2. The van der Waals surface area contributed by atoms with Crippen LogP contribution < -0.4 is 0 Å². The zero-order valence-corrected chi connectivity index (χ0v) is 17.9. The third kappa shape index (κ3) is 3.17. The van der Waals surface area contributed by atoms with Crippen LogP contribution >= 0.6 is 0 Å². The van der Waals surface area contributed by atoms with Crippen LogP contribution in [0.4, 0.5) is 0 Å². The summed E-state index contributed by atoms with van der Waals surface area (Å²) in [7, 11) is 0. The predicted molar refractivity (Wildman–Crippen MR) is 104 cm³/mol. The van der Waals surface area contributed by atoms with E-state index in [0.29, 0.717) is 17.8 Å². The summed E-state index contributed by atoms with van der Waals surface area (Å²) in [4.78, 5) is 12.1. The average Bonchev–Trinajstić information content (AvgIpc) is 2.92. The highest BCUT2D eigenvalue weighted by molar-refractivity contribution is 5.09. The molecule has 6 fully saturated rings. The highest BCUT2D eigenvalue weighted by atomic mass is 17.3. The molecular weight excluding hydrogens is 356 g/mol. The Morgan fingerprint density at radius 2 is 1.75 bits per heavy atom. The molecule has 4 saturated heterocycles. The van der Waals surface area contributed by atoms with Crippen LogP contribution in [0.2, 0.25) is 0 Å². The molecule has 0 amide bonds. The third-order valence-corrected chi connectivity index (χ3v) is 8.63. The van der Waals surface area contributed by atoms with E-state index in [4.69, 9.17) is 24.0 Å². The molecule has 0 radical (unpaired) electrons. The van der Waals surface area contributed by atoms with Crippen LogP contribution in [-0.4, -0.2) is 30.6 Å². The molecule has 5 heteroatoms. The van der Waals surface area contributed by atoms with Gasteiger partial charge in [-0.25, -0.2) is 9.78 Å². The van der Waals surface area contributed by atoms with Crippen molar-refractivity contribution in [1.82, 2.24) is 0 Å². The minimum absolute atomic E-state index is 0.204. The first-order valence-electron chi connectivity index (χ1n) is 11.8. The molecule has 2 aliphatic carbocycles. The second kappa shape index (κ2) is 7.49. The standard InChI is InChI=1S/C23H38O5/c1-15-9-10-19-16(2)20(24-14-12-17-7-5-4-6-8-17)25-21-23(19)18(15)11-13-22(3,26-21)27-28-23/h15-21H,4-14H2,1-3H3/t15-,16-,18?,19?,20+,21-,22+,23-/m1/s1. The molecule has 2 unspecified atom stereocenters. The van der Waals surface area contributed by atoms with Gasteiger partial charge in [0.25, 0.3) is 0 Å². The average molecular weight is 395 g/mol. The van der Waals surface area contributed by atoms with Crippen molar-refractivity contribution in [3.63, 3.8) is 0 Å². The van der Waals surface area contributed by atoms with Crippen LogP contribution in [0.3, 0.4) is 0 Å². The predicted octanol–water partition coefficient (Wildman–Crippen LogP) is 5.18. The second-order valence-electron chi connectivity index (χ2n) is 10.4. The van der Waals surface area contributed by atoms with Crippen LogP contribution in [0.25, 0.3) is 0 Å². The molecule has 4 heterocycles. The van der Waals surface area contributed by atoms with E-state index in [0.717, 1.165) is 38.2 Å². The SMILES string of the molecule is C[C@@H]1CCC2[C@@H](C)[C@@H](OCCC3CCCCC3)O[C@@H]3O[C@]4(C)CCC1[C@@]23OO4. The highest BCUT2D eigenvalue weighted by Crippen LogP contribution is 2.60. The van der Waals surface area contributed by atoms with E-state index in [1.165, 1.54) is 38.5 Å². The largest absolute Gasteiger partial charge is 0.352 e. The summed E-state index contributed by atoms with van der Waals surface area (Å²) in [6, 6.07) is 0. The Balaban J connectivity index is 1.31. The molecule has 28 heavy (non-hydrogen) atoms. The van der Waals surface area contributed by atoms with Gasteiger partial charge in [0.15, 0.2) is 18.2 Å². The molecule has 5 nitrogen and oxygen atoms in total. The Bertz CT molecular complexity index is 563. The summed E-state index contributed by atoms with van der Waals surface area (Å²) >= 11 is 0. The lowest BCUT2D eigenvalue weighted by Gasteiger charge is -2.60. The molecule has 0 N–H and O–H groups in total. The molecule has 1 spiro atoms. The summed E-state index contributed by atoms with van der Waals surface area (Å²) in [6.45, 7) is 7.41. The van der Waals surface area contributed by atoms with Crippen molar-refractivity contribution < 1.29 is 24.0 Å². The second-order valence-corrected chi connectivity index (χ2v) is 10.4. The minimum atomic E-state index is -0.704. The van der Waals surface area contributed by atoms with E-state index in [-0.39, 0.29) is 18.5 Å². The van der Waals surface area contributed by atoms with Gasteiger partial charge in [-0.2, -0.15) is 0 Å². The number of hydrogen-bond donors (Lipinski definition) is 0. The molecule has 0 aromatic carbocycles. The lowest BCUT2D eigenvalue weighted by molar-refractivity contribution is -0.577. The Morgan fingerprint density at radius 3 is 2.57 bits per heavy atom. The molecule has 2 saturated carbocycles. The maximum Gasteiger partial charge on any atom is 0.201 e. The van der Waals surface area contributed by atoms with Crippen molar-refractivity contribution >= 4 is 0 Å². The Morgan fingerprint density at radius 1 is 0.929 bits per heavy atom. The molecule has 2 bridgehead atoms. The lowest BCUT2D eigenvalue weighted by Crippen LogP contribution is -2.70. The van der Waals surface area contributed by atoms with Gasteiger partial charge >= 0.3 is 0 Å². The van der Waals surface area contributed by atoms with E-state index in [1.807, 2.05) is 6.92 Å². The van der Waals surface area contributed by atoms with Gasteiger partial charge in [-0.15, -0.1) is 0 Å². The van der Waals surface area contributed by atoms with Gasteiger partial charge in [-0.1, -0.05) is 46.0 Å². The van der Waals surface area contributed by atoms with Gasteiger partial charge in [0.1, 0.15) is 0 Å². The molecule has 0 aromatic rings. The summed E-state index contributed by atoms with van der Waals surface area (Å²) in [5.74, 6) is 1.80. The minimum Gasteiger partial charge on any atom is -0.352 e. The fourth-order valence-corrected chi connectivity index (χ4v) is 6.89. The summed E-state index contributed by atoms with van der Waals surface area (Å²) in [5, 5.41) is 0. The molecule has 4 aliphatic heterocycles. The van der Waals surface area contributed by atoms with E-state index in [1.54, 1.807) is 0 Å². The van der Waals surface area contributed by atoms with Crippen molar-refractivity contribution in [3.8, 4) is 0 Å². The van der Waals surface area contributed by atoms with Crippen LogP contribution in [0.5, 0.6) is 0 Å². The maximum absolute atomic E-state index is 6.50. The van der Waals surface area contributed by atoms with Gasteiger partial charge in [0.2, 0.25) is 5.79 Å². The van der Waals surface area contributed by atoms with Crippen molar-refractivity contribution in [2.75, 3.05) is 6.61 Å². The smallest absolute Gasteiger partial charge is 0.201 e. The Kier molecular flexibility index (Phi) is 5.28. The van der Waals surface area contributed by atoms with Gasteiger partial charge in [0, 0.05) is 18.3 Å². The number of hydrogen-bond acceptors (Lipinski definition) is 5. The van der Waals surface area contributed by atoms with E-state index < -0.39 is 11.4 Å². The normalized spacial score (nSPS) is 51.5. The quantitative estimate of drug-likeness (QED) is 0.615. The fourth-order valence-electron chi connectivity index (χ4n) is 6.89. The Hall–Kier alpha value is -0.200. The molecule has 6 rings (SSSR count). The van der Waals surface area contributed by atoms with Gasteiger partial charge in [-0.3, -0.25) is 0 Å². The number of ether oxygens (including phenoxy) is 3. The molecule has 0 aromatic heterocycles. The maximum atomic E-state index is 6.50. The van der Waals surface area contributed by atoms with Crippen LogP contribution in [0, 0.1) is 29.6 Å². The monoisotopic (exact) mass is 394 g/mol. The topological polar surface area (TPSA) is 46.2 Å². The van der Waals surface area contributed by atoms with Gasteiger partial charge < -0.3 is 14.2 Å².